The Hall–Kier alpha value is -6.43. The van der Waals surface area contributed by atoms with Crippen LogP contribution in [0.15, 0.2) is 72.8 Å². The van der Waals surface area contributed by atoms with Crippen LogP contribution in [0.4, 0.5) is 11.4 Å². The number of carbonyl (C=O) groups is 2. The second-order valence-corrected chi connectivity index (χ2v) is 15.5. The molecule has 2 amide bonds. The number of sulfone groups is 1. The van der Waals surface area contributed by atoms with Crippen molar-refractivity contribution in [3.05, 3.63) is 95.1 Å². The molecular weight excluding hydrogens is 813 g/mol. The number of benzene rings is 4. The second kappa shape index (κ2) is 21.2. The Bertz CT molecular complexity index is 2150. The molecule has 4 atom stereocenters. The Kier molecular flexibility index (Phi) is 16.4. The molecule has 61 heavy (non-hydrogen) atoms. The molecule has 16 nitrogen and oxygen atoms in total. The minimum atomic E-state index is -4.57. The summed E-state index contributed by atoms with van der Waals surface area (Å²) in [6.07, 6.45) is 3.16. The number of nitrogens with one attached hydrogen (secondary N) is 2. The van der Waals surface area contributed by atoms with E-state index in [1.54, 1.807) is 24.3 Å². The second-order valence-electron chi connectivity index (χ2n) is 13.3. The first-order valence-electron chi connectivity index (χ1n) is 18.6. The monoisotopic (exact) mass is 864 g/mol. The average Bonchev–Trinajstić information content (AvgIpc) is 3.25. The van der Waals surface area contributed by atoms with E-state index in [9.17, 15) is 19.8 Å². The molecule has 4 aromatic rings. The molecule has 0 aromatic heterocycles. The van der Waals surface area contributed by atoms with Crippen LogP contribution in [-0.2, 0) is 19.4 Å². The van der Waals surface area contributed by atoms with Crippen LogP contribution >= 0.6 is 0 Å². The number of amides is 2. The van der Waals surface area contributed by atoms with Gasteiger partial charge in [0.05, 0.1) is 79.4 Å². The van der Waals surface area contributed by atoms with E-state index in [4.69, 9.17) is 37.9 Å². The van der Waals surface area contributed by atoms with Gasteiger partial charge >= 0.3 is 0 Å². The third-order valence-electron chi connectivity index (χ3n) is 9.47. The Morgan fingerprint density at radius 1 is 0.508 bits per heavy atom. The number of ether oxygens (including phenoxy) is 8. The zero-order chi connectivity index (χ0) is 45.0. The van der Waals surface area contributed by atoms with Crippen LogP contribution in [0.2, 0.25) is 0 Å². The van der Waals surface area contributed by atoms with Gasteiger partial charge in [-0.1, -0.05) is 24.3 Å². The predicted octanol–water partition coefficient (Wildman–Crippen LogP) is 6.02. The van der Waals surface area contributed by atoms with Gasteiger partial charge in [0.2, 0.25) is 0 Å². The van der Waals surface area contributed by atoms with Crippen LogP contribution in [0.3, 0.4) is 0 Å². The van der Waals surface area contributed by atoms with Crippen molar-refractivity contribution in [3.63, 3.8) is 0 Å². The van der Waals surface area contributed by atoms with Gasteiger partial charge in [0.1, 0.15) is 68.7 Å². The molecule has 0 radical (unpaired) electrons. The summed E-state index contributed by atoms with van der Waals surface area (Å²) >= 11 is 0. The quantitative estimate of drug-likeness (QED) is 0.0802. The minimum absolute atomic E-state index is 0.0893. The maximum atomic E-state index is 15.7. The number of anilines is 2. The first-order valence-corrected chi connectivity index (χ1v) is 20.2. The van der Waals surface area contributed by atoms with Gasteiger partial charge < -0.3 is 58.7 Å². The summed E-state index contributed by atoms with van der Waals surface area (Å²) in [4.78, 5) is 25.5. The molecule has 4 aromatic carbocycles. The van der Waals surface area contributed by atoms with Crippen molar-refractivity contribution < 1.29 is 66.1 Å². The summed E-state index contributed by atoms with van der Waals surface area (Å²) in [5, 5.41) is 22.2. The molecule has 0 saturated carbocycles. The molecular formula is C44H52N2O14S. The molecule has 17 heteroatoms. The fraction of sp³-hybridized carbons (Fsp3) is 0.318. The van der Waals surface area contributed by atoms with Gasteiger partial charge in [0.15, 0.2) is 9.84 Å². The highest BCUT2D eigenvalue weighted by Gasteiger charge is 2.35. The zero-order valence-corrected chi connectivity index (χ0v) is 36.4. The number of hydrogen-bond acceptors (Lipinski definition) is 14. The van der Waals surface area contributed by atoms with Gasteiger partial charge in [0.25, 0.3) is 11.8 Å². The van der Waals surface area contributed by atoms with Crippen LogP contribution in [0, 0.1) is 0 Å². The fourth-order valence-electron chi connectivity index (χ4n) is 6.21. The summed E-state index contributed by atoms with van der Waals surface area (Å²) in [6, 6.07) is 15.4. The lowest BCUT2D eigenvalue weighted by molar-refractivity contribution is -0.123. The van der Waals surface area contributed by atoms with Gasteiger partial charge in [-0.3, -0.25) is 9.59 Å². The third-order valence-corrected chi connectivity index (χ3v) is 11.7. The van der Waals surface area contributed by atoms with Gasteiger partial charge in [-0.25, -0.2) is 8.42 Å². The Morgan fingerprint density at radius 3 is 1.08 bits per heavy atom. The van der Waals surface area contributed by atoms with Crippen LogP contribution in [0.25, 0.3) is 12.2 Å². The fourth-order valence-corrected chi connectivity index (χ4v) is 8.18. The standard InChI is InChI=1S/C44H52N2O14S/c1-25(47)43(49)45-33-19-27(11-15-35(33)55-5)41(17-13-31-37(57-7)21-29(53-3)22-38(31)58-8)61(51,52)42(18-14-32-39(59-9)23-30(54-4)24-40(32)60-10)28-12-16-36(56-6)34(20-28)46-44(50)26(2)48/h11-26,41-42,47-48H,1-10H3,(H,45,49)(H,46,50)/b17-13+,18-14+. The van der Waals surface area contributed by atoms with E-state index in [2.05, 4.69) is 10.6 Å². The molecule has 0 aliphatic carbocycles. The summed E-state index contributed by atoms with van der Waals surface area (Å²) in [5.41, 5.74) is 1.30. The molecule has 4 rings (SSSR count). The minimum Gasteiger partial charge on any atom is -0.496 e. The first kappa shape index (κ1) is 47.3. The van der Waals surface area contributed by atoms with E-state index < -0.39 is 44.4 Å². The highest BCUT2D eigenvalue weighted by molar-refractivity contribution is 7.92. The smallest absolute Gasteiger partial charge is 0.253 e. The van der Waals surface area contributed by atoms with E-state index in [0.717, 1.165) is 0 Å². The van der Waals surface area contributed by atoms with E-state index in [1.807, 2.05) is 0 Å². The lowest BCUT2D eigenvalue weighted by Crippen LogP contribution is -2.25. The number of methoxy groups -OCH3 is 8. The predicted molar refractivity (Wildman–Crippen MR) is 231 cm³/mol. The number of rotatable bonds is 20. The molecule has 0 heterocycles. The van der Waals surface area contributed by atoms with Crippen molar-refractivity contribution in [2.45, 2.75) is 36.6 Å². The van der Waals surface area contributed by atoms with Crippen molar-refractivity contribution in [3.8, 4) is 46.0 Å². The van der Waals surface area contributed by atoms with E-state index in [0.29, 0.717) is 45.6 Å². The topological polar surface area (TPSA) is 207 Å². The van der Waals surface area contributed by atoms with Gasteiger partial charge in [0, 0.05) is 24.3 Å². The van der Waals surface area contributed by atoms with E-state index in [1.165, 1.54) is 131 Å². The van der Waals surface area contributed by atoms with Crippen LogP contribution in [0.1, 0.15) is 46.6 Å². The number of aliphatic hydroxyl groups is 2. The number of hydrogen-bond donors (Lipinski definition) is 4. The summed E-state index contributed by atoms with van der Waals surface area (Å²) in [6.45, 7) is 2.57. The Morgan fingerprint density at radius 2 is 0.820 bits per heavy atom. The highest BCUT2D eigenvalue weighted by atomic mass is 32.2. The molecule has 0 saturated heterocycles. The lowest BCUT2D eigenvalue weighted by Gasteiger charge is -2.24. The summed E-state index contributed by atoms with van der Waals surface area (Å²) in [7, 11) is 6.93. The van der Waals surface area contributed by atoms with Gasteiger partial charge in [-0.05, 0) is 61.4 Å². The lowest BCUT2D eigenvalue weighted by atomic mass is 10.1. The van der Waals surface area contributed by atoms with Crippen molar-refractivity contribution in [2.24, 2.45) is 0 Å². The molecule has 0 aliphatic rings. The molecule has 4 unspecified atom stereocenters. The van der Waals surface area contributed by atoms with Crippen molar-refractivity contribution in [2.75, 3.05) is 67.5 Å². The number of aliphatic hydroxyl groups excluding tert-OH is 2. The molecule has 4 N–H and O–H groups in total. The third kappa shape index (κ3) is 11.0. The van der Waals surface area contributed by atoms with Gasteiger partial charge in [-0.2, -0.15) is 0 Å². The largest absolute Gasteiger partial charge is 0.496 e. The molecule has 0 bridgehead atoms. The zero-order valence-electron chi connectivity index (χ0n) is 35.6. The van der Waals surface area contributed by atoms with Crippen molar-refractivity contribution in [1.29, 1.82) is 0 Å². The first-order chi connectivity index (χ1) is 29.1. The van der Waals surface area contributed by atoms with E-state index >= 15 is 8.42 Å². The van der Waals surface area contributed by atoms with Crippen LogP contribution in [0.5, 0.6) is 46.0 Å². The van der Waals surface area contributed by atoms with Crippen molar-refractivity contribution in [1.82, 2.24) is 0 Å². The average molecular weight is 865 g/mol. The number of carbonyl (C=O) groups excluding carboxylic acids is 2. The van der Waals surface area contributed by atoms with Crippen molar-refractivity contribution >= 4 is 45.2 Å². The Labute approximate surface area is 355 Å². The maximum absolute atomic E-state index is 15.7. The molecule has 0 fully saturated rings. The normalized spacial score (nSPS) is 13.4. The SMILES string of the molecule is COc1cc(OC)c(/C=C/C(c2ccc(OC)c(NC(=O)C(C)O)c2)S(=O)(=O)C(/C=C/c2c(OC)cc(OC)cc2OC)c2ccc(OC)c(NC(=O)C(C)O)c2)c(OC)c1. The molecule has 0 spiro atoms. The van der Waals surface area contributed by atoms with E-state index in [-0.39, 0.29) is 34.0 Å². The highest BCUT2D eigenvalue weighted by Crippen LogP contribution is 2.44. The van der Waals surface area contributed by atoms with Crippen LogP contribution in [-0.4, -0.2) is 99.5 Å². The molecule has 0 aliphatic heterocycles. The Balaban J connectivity index is 2.11. The maximum Gasteiger partial charge on any atom is 0.253 e. The van der Waals surface area contributed by atoms with Crippen LogP contribution < -0.4 is 48.5 Å². The summed E-state index contributed by atoms with van der Waals surface area (Å²) < 4.78 is 75.9. The van der Waals surface area contributed by atoms with Gasteiger partial charge in [-0.15, -0.1) is 0 Å². The summed E-state index contributed by atoms with van der Waals surface area (Å²) in [5.74, 6) is 0.975. The molecule has 328 valence electrons.